The van der Waals surface area contributed by atoms with Crippen molar-refractivity contribution < 1.29 is 9.15 Å². The number of piperidine rings is 1. The molecule has 3 heterocycles. The number of aromatic nitrogens is 1. The van der Waals surface area contributed by atoms with Crippen LogP contribution >= 0.6 is 24.0 Å². The smallest absolute Gasteiger partial charge is 0.216 e. The molecule has 7 nitrogen and oxygen atoms in total. The normalized spacial score (nSPS) is 21.8. The molecule has 166 valence electrons. The summed E-state index contributed by atoms with van der Waals surface area (Å²) in [6.07, 6.45) is 5.32. The summed E-state index contributed by atoms with van der Waals surface area (Å²) >= 11 is 0. The van der Waals surface area contributed by atoms with Crippen LogP contribution in [0.3, 0.4) is 0 Å². The van der Waals surface area contributed by atoms with Crippen LogP contribution in [0.1, 0.15) is 58.6 Å². The van der Waals surface area contributed by atoms with Crippen LogP contribution in [0, 0.1) is 5.92 Å². The summed E-state index contributed by atoms with van der Waals surface area (Å²) in [6, 6.07) is 0.462. The lowest BCUT2D eigenvalue weighted by Crippen LogP contribution is -2.49. The Morgan fingerprint density at radius 3 is 2.62 bits per heavy atom. The molecule has 1 atom stereocenters. The number of ether oxygens (including phenoxy) is 1. The Morgan fingerprint density at radius 2 is 2.03 bits per heavy atom. The number of halogens is 1. The van der Waals surface area contributed by atoms with Gasteiger partial charge in [-0.05, 0) is 32.1 Å². The van der Waals surface area contributed by atoms with Crippen LogP contribution in [0.2, 0.25) is 0 Å². The van der Waals surface area contributed by atoms with Crippen molar-refractivity contribution in [2.24, 2.45) is 10.9 Å². The standard InChI is InChI=1S/C21H37N5O2.HI/c1-5-22-20(24-13-19-23-12-18(28-19)21(2,3)4)25-17-6-9-26(10-7-17)14-16-8-11-27-15-16;/h12,16-17H,5-11,13-15H2,1-4H3,(H2,22,24,25);1H. The van der Waals surface area contributed by atoms with Crippen molar-refractivity contribution in [2.75, 3.05) is 39.4 Å². The molecule has 0 amide bonds. The van der Waals surface area contributed by atoms with Crippen molar-refractivity contribution in [1.82, 2.24) is 20.5 Å². The van der Waals surface area contributed by atoms with E-state index in [2.05, 4.69) is 53.2 Å². The van der Waals surface area contributed by atoms with Gasteiger partial charge in [0.1, 0.15) is 12.3 Å². The van der Waals surface area contributed by atoms with E-state index in [9.17, 15) is 0 Å². The zero-order valence-corrected chi connectivity index (χ0v) is 20.7. The lowest BCUT2D eigenvalue weighted by Gasteiger charge is -2.34. The summed E-state index contributed by atoms with van der Waals surface area (Å²) in [5, 5.41) is 6.94. The number of hydrogen-bond donors (Lipinski definition) is 2. The Balaban J connectivity index is 0.00000300. The van der Waals surface area contributed by atoms with Crippen LogP contribution in [0.4, 0.5) is 0 Å². The zero-order valence-electron chi connectivity index (χ0n) is 18.4. The summed E-state index contributed by atoms with van der Waals surface area (Å²) in [4.78, 5) is 11.6. The van der Waals surface area contributed by atoms with Crippen LogP contribution in [0.15, 0.2) is 15.6 Å². The average Bonchev–Trinajstić information content (AvgIpc) is 3.33. The third-order valence-corrected chi connectivity index (χ3v) is 5.48. The highest BCUT2D eigenvalue weighted by Gasteiger charge is 2.24. The SMILES string of the molecule is CCNC(=NCc1ncc(C(C)(C)C)o1)NC1CCN(CC2CCOC2)CC1.I. The predicted molar refractivity (Wildman–Crippen MR) is 127 cm³/mol. The Kier molecular flexibility index (Phi) is 9.68. The number of oxazole rings is 1. The average molecular weight is 519 g/mol. The fourth-order valence-electron chi connectivity index (χ4n) is 3.74. The third kappa shape index (κ3) is 7.71. The maximum Gasteiger partial charge on any atom is 0.216 e. The molecule has 2 aliphatic heterocycles. The van der Waals surface area contributed by atoms with Gasteiger partial charge in [0.25, 0.3) is 0 Å². The molecule has 0 spiro atoms. The maximum atomic E-state index is 5.85. The number of aliphatic imine (C=N–C) groups is 1. The van der Waals surface area contributed by atoms with Crippen molar-refractivity contribution in [3.05, 3.63) is 17.8 Å². The second-order valence-corrected chi connectivity index (χ2v) is 9.01. The molecule has 0 aliphatic carbocycles. The van der Waals surface area contributed by atoms with Crippen molar-refractivity contribution in [1.29, 1.82) is 0 Å². The Morgan fingerprint density at radius 1 is 1.28 bits per heavy atom. The highest BCUT2D eigenvalue weighted by atomic mass is 127. The molecule has 2 fully saturated rings. The molecule has 1 aromatic rings. The molecule has 29 heavy (non-hydrogen) atoms. The van der Waals surface area contributed by atoms with E-state index in [4.69, 9.17) is 9.15 Å². The lowest BCUT2D eigenvalue weighted by atomic mass is 9.94. The van der Waals surface area contributed by atoms with Gasteiger partial charge in [-0.25, -0.2) is 9.98 Å². The summed E-state index contributed by atoms with van der Waals surface area (Å²) in [5.74, 6) is 3.13. The number of nitrogens with zero attached hydrogens (tertiary/aromatic N) is 3. The molecule has 2 saturated heterocycles. The molecule has 2 aliphatic rings. The molecule has 0 bridgehead atoms. The molecule has 1 aromatic heterocycles. The number of nitrogens with one attached hydrogen (secondary N) is 2. The summed E-state index contributed by atoms with van der Waals surface area (Å²) in [5.41, 5.74) is -0.0314. The first-order valence-corrected chi connectivity index (χ1v) is 10.7. The van der Waals surface area contributed by atoms with Crippen molar-refractivity contribution in [3.8, 4) is 0 Å². The second kappa shape index (κ2) is 11.5. The van der Waals surface area contributed by atoms with Crippen molar-refractivity contribution >= 4 is 29.9 Å². The first-order chi connectivity index (χ1) is 13.4. The third-order valence-electron chi connectivity index (χ3n) is 5.48. The van der Waals surface area contributed by atoms with Gasteiger partial charge in [0.05, 0.1) is 12.8 Å². The molecule has 0 aromatic carbocycles. The van der Waals surface area contributed by atoms with E-state index in [1.807, 2.05) is 6.20 Å². The number of hydrogen-bond acceptors (Lipinski definition) is 5. The van der Waals surface area contributed by atoms with Gasteiger partial charge in [0.15, 0.2) is 5.96 Å². The van der Waals surface area contributed by atoms with Crippen LogP contribution < -0.4 is 10.6 Å². The fourth-order valence-corrected chi connectivity index (χ4v) is 3.74. The van der Waals surface area contributed by atoms with Crippen LogP contribution in [-0.2, 0) is 16.7 Å². The fraction of sp³-hybridized carbons (Fsp3) is 0.810. The minimum Gasteiger partial charge on any atom is -0.443 e. The highest BCUT2D eigenvalue weighted by Crippen LogP contribution is 2.23. The van der Waals surface area contributed by atoms with E-state index in [0.717, 1.165) is 63.3 Å². The molecule has 1 unspecified atom stereocenters. The van der Waals surface area contributed by atoms with Gasteiger partial charge in [-0.2, -0.15) is 0 Å². The van der Waals surface area contributed by atoms with Gasteiger partial charge in [-0.3, -0.25) is 0 Å². The number of rotatable bonds is 6. The molecule has 2 N–H and O–H groups in total. The van der Waals surface area contributed by atoms with Crippen LogP contribution in [0.5, 0.6) is 0 Å². The van der Waals surface area contributed by atoms with Crippen molar-refractivity contribution in [3.63, 3.8) is 0 Å². The van der Waals surface area contributed by atoms with E-state index in [1.54, 1.807) is 0 Å². The quantitative estimate of drug-likeness (QED) is 0.342. The molecular weight excluding hydrogens is 481 g/mol. The Bertz CT molecular complexity index is 629. The highest BCUT2D eigenvalue weighted by molar-refractivity contribution is 14.0. The summed E-state index contributed by atoms with van der Waals surface area (Å²) < 4.78 is 11.4. The molecule has 0 radical (unpaired) electrons. The van der Waals surface area contributed by atoms with Crippen LogP contribution in [0.25, 0.3) is 0 Å². The van der Waals surface area contributed by atoms with Gasteiger partial charge in [-0.15, -0.1) is 24.0 Å². The topological polar surface area (TPSA) is 74.9 Å². The molecular formula is C21H38IN5O2. The summed E-state index contributed by atoms with van der Waals surface area (Å²) in [6.45, 7) is 15.1. The first kappa shape index (κ1) is 24.4. The lowest BCUT2D eigenvalue weighted by molar-refractivity contribution is 0.150. The molecule has 0 saturated carbocycles. The van der Waals surface area contributed by atoms with Gasteiger partial charge in [-0.1, -0.05) is 20.8 Å². The van der Waals surface area contributed by atoms with E-state index in [0.29, 0.717) is 18.5 Å². The van der Waals surface area contributed by atoms with Gasteiger partial charge >= 0.3 is 0 Å². The Labute approximate surface area is 192 Å². The van der Waals surface area contributed by atoms with E-state index in [1.165, 1.54) is 13.0 Å². The van der Waals surface area contributed by atoms with Gasteiger partial charge in [0.2, 0.25) is 5.89 Å². The van der Waals surface area contributed by atoms with E-state index in [-0.39, 0.29) is 29.4 Å². The van der Waals surface area contributed by atoms with Crippen LogP contribution in [-0.4, -0.2) is 61.3 Å². The monoisotopic (exact) mass is 519 g/mol. The minimum atomic E-state index is -0.0314. The predicted octanol–water partition coefficient (Wildman–Crippen LogP) is 3.15. The maximum absolute atomic E-state index is 5.85. The minimum absolute atomic E-state index is 0. The van der Waals surface area contributed by atoms with Gasteiger partial charge < -0.3 is 24.7 Å². The molecule has 3 rings (SSSR count). The molecule has 8 heteroatoms. The van der Waals surface area contributed by atoms with E-state index >= 15 is 0 Å². The zero-order chi connectivity index (χ0) is 20.0. The number of guanidine groups is 1. The first-order valence-electron chi connectivity index (χ1n) is 10.7. The Hall–Kier alpha value is -0.870. The summed E-state index contributed by atoms with van der Waals surface area (Å²) in [7, 11) is 0. The largest absolute Gasteiger partial charge is 0.443 e. The second-order valence-electron chi connectivity index (χ2n) is 9.01. The number of likely N-dealkylation sites (tertiary alicyclic amines) is 1. The van der Waals surface area contributed by atoms with E-state index < -0.39 is 0 Å². The van der Waals surface area contributed by atoms with Crippen molar-refractivity contribution in [2.45, 2.75) is 65.0 Å². The van der Waals surface area contributed by atoms with Gasteiger partial charge in [0, 0.05) is 44.2 Å².